The smallest absolute Gasteiger partial charge is 0.0891 e. The van der Waals surface area contributed by atoms with E-state index < -0.39 is 0 Å². The van der Waals surface area contributed by atoms with Crippen LogP contribution in [0.5, 0.6) is 0 Å². The molecule has 0 amide bonds. The molecule has 0 saturated carbocycles. The summed E-state index contributed by atoms with van der Waals surface area (Å²) in [6, 6.07) is 0. The van der Waals surface area contributed by atoms with Crippen molar-refractivity contribution in [2.75, 3.05) is 26.9 Å². The molecule has 0 atom stereocenters. The average molecular weight is 143 g/mol. The Morgan fingerprint density at radius 2 is 2.40 bits per heavy atom. The van der Waals surface area contributed by atoms with Crippen LogP contribution in [0.2, 0.25) is 0 Å². The summed E-state index contributed by atoms with van der Waals surface area (Å²) in [5.41, 5.74) is 0. The van der Waals surface area contributed by atoms with E-state index >= 15 is 0 Å². The van der Waals surface area contributed by atoms with Crippen LogP contribution in [0.1, 0.15) is 0 Å². The topological polar surface area (TPSA) is 41.7 Å². The van der Waals surface area contributed by atoms with Crippen molar-refractivity contribution in [3.8, 4) is 0 Å². The van der Waals surface area contributed by atoms with Crippen LogP contribution in [0, 0.1) is 0 Å². The standard InChI is InChI=1S/C6H13N3O/c1-8-2-3-9(6-8)4-5-10-7/h2-3H,4-7H2,1H3. The molecule has 0 aromatic carbocycles. The van der Waals surface area contributed by atoms with E-state index in [-0.39, 0.29) is 0 Å². The fraction of sp³-hybridized carbons (Fsp3) is 0.667. The quantitative estimate of drug-likeness (QED) is 0.543. The second kappa shape index (κ2) is 3.43. The zero-order valence-corrected chi connectivity index (χ0v) is 6.16. The lowest BCUT2D eigenvalue weighted by molar-refractivity contribution is 0.115. The molecule has 1 aliphatic heterocycles. The first-order valence-electron chi connectivity index (χ1n) is 3.27. The zero-order chi connectivity index (χ0) is 7.40. The van der Waals surface area contributed by atoms with E-state index in [1.54, 1.807) is 0 Å². The minimum atomic E-state index is 0.582. The lowest BCUT2D eigenvalue weighted by Gasteiger charge is -2.16. The molecule has 1 aliphatic rings. The molecule has 0 fully saturated rings. The van der Waals surface area contributed by atoms with Gasteiger partial charge in [0.2, 0.25) is 0 Å². The molecule has 0 unspecified atom stereocenters. The summed E-state index contributed by atoms with van der Waals surface area (Å²) in [6.45, 7) is 2.37. The molecule has 0 aromatic heterocycles. The summed E-state index contributed by atoms with van der Waals surface area (Å²) in [5, 5.41) is 0. The monoisotopic (exact) mass is 143 g/mol. The highest BCUT2D eigenvalue weighted by Crippen LogP contribution is 2.01. The number of nitrogens with two attached hydrogens (primary N) is 1. The molecule has 0 spiro atoms. The predicted molar refractivity (Wildman–Crippen MR) is 38.6 cm³/mol. The van der Waals surface area contributed by atoms with Crippen molar-refractivity contribution in [1.29, 1.82) is 0 Å². The van der Waals surface area contributed by atoms with Crippen LogP contribution in [-0.2, 0) is 4.84 Å². The van der Waals surface area contributed by atoms with Gasteiger partial charge in [0.05, 0.1) is 13.3 Å². The van der Waals surface area contributed by atoms with Crippen molar-refractivity contribution in [3.63, 3.8) is 0 Å². The largest absolute Gasteiger partial charge is 0.362 e. The highest BCUT2D eigenvalue weighted by Gasteiger charge is 2.06. The Labute approximate surface area is 60.8 Å². The summed E-state index contributed by atoms with van der Waals surface area (Å²) in [6.07, 6.45) is 4.05. The summed E-state index contributed by atoms with van der Waals surface area (Å²) in [4.78, 5) is 8.67. The molecule has 1 rings (SSSR count). The highest BCUT2D eigenvalue weighted by molar-refractivity contribution is 4.88. The molecule has 58 valence electrons. The molecule has 0 saturated heterocycles. The van der Waals surface area contributed by atoms with Crippen molar-refractivity contribution >= 4 is 0 Å². The van der Waals surface area contributed by atoms with Gasteiger partial charge in [-0.15, -0.1) is 0 Å². The van der Waals surface area contributed by atoms with Crippen LogP contribution in [0.25, 0.3) is 0 Å². The molecule has 1 heterocycles. The summed E-state index contributed by atoms with van der Waals surface area (Å²) >= 11 is 0. The molecule has 0 aliphatic carbocycles. The van der Waals surface area contributed by atoms with Crippen LogP contribution < -0.4 is 5.90 Å². The van der Waals surface area contributed by atoms with E-state index in [0.717, 1.165) is 13.2 Å². The SMILES string of the molecule is CN1C=CN(CCON)C1. The molecular weight excluding hydrogens is 130 g/mol. The van der Waals surface area contributed by atoms with Crippen molar-refractivity contribution in [2.45, 2.75) is 0 Å². The van der Waals surface area contributed by atoms with Gasteiger partial charge in [-0.25, -0.2) is 5.90 Å². The lowest BCUT2D eigenvalue weighted by atomic mass is 10.6. The number of rotatable bonds is 3. The van der Waals surface area contributed by atoms with Gasteiger partial charge in [0, 0.05) is 26.0 Å². The second-order valence-corrected chi connectivity index (χ2v) is 2.38. The molecule has 2 N–H and O–H groups in total. The van der Waals surface area contributed by atoms with Crippen molar-refractivity contribution < 1.29 is 4.84 Å². The first kappa shape index (κ1) is 7.37. The van der Waals surface area contributed by atoms with Gasteiger partial charge in [-0.2, -0.15) is 0 Å². The van der Waals surface area contributed by atoms with E-state index in [1.807, 2.05) is 19.4 Å². The van der Waals surface area contributed by atoms with E-state index in [0.29, 0.717) is 6.61 Å². The highest BCUT2D eigenvalue weighted by atomic mass is 16.6. The Bertz CT molecular complexity index is 126. The third kappa shape index (κ3) is 1.89. The van der Waals surface area contributed by atoms with E-state index in [4.69, 9.17) is 5.90 Å². The Hall–Kier alpha value is -0.740. The van der Waals surface area contributed by atoms with Crippen LogP contribution in [-0.4, -0.2) is 36.7 Å². The zero-order valence-electron chi connectivity index (χ0n) is 6.16. The maximum Gasteiger partial charge on any atom is 0.0891 e. The van der Waals surface area contributed by atoms with Crippen molar-refractivity contribution in [1.82, 2.24) is 9.80 Å². The minimum absolute atomic E-state index is 0.582. The van der Waals surface area contributed by atoms with Gasteiger partial charge < -0.3 is 14.6 Å². The predicted octanol–water partition coefficient (Wildman–Crippen LogP) is -0.447. The van der Waals surface area contributed by atoms with Gasteiger partial charge in [0.15, 0.2) is 0 Å². The Morgan fingerprint density at radius 1 is 1.60 bits per heavy atom. The van der Waals surface area contributed by atoms with Crippen LogP contribution in [0.4, 0.5) is 0 Å². The normalized spacial score (nSPS) is 17.0. The third-order valence-electron chi connectivity index (χ3n) is 1.43. The van der Waals surface area contributed by atoms with Crippen molar-refractivity contribution in [3.05, 3.63) is 12.4 Å². The Morgan fingerprint density at radius 3 is 2.90 bits per heavy atom. The lowest BCUT2D eigenvalue weighted by Crippen LogP contribution is -2.26. The Kier molecular flexibility index (Phi) is 2.53. The first-order valence-corrected chi connectivity index (χ1v) is 3.27. The van der Waals surface area contributed by atoms with Gasteiger partial charge in [-0.3, -0.25) is 0 Å². The maximum atomic E-state index is 4.88. The van der Waals surface area contributed by atoms with Crippen LogP contribution >= 0.6 is 0 Å². The van der Waals surface area contributed by atoms with E-state index in [9.17, 15) is 0 Å². The molecule has 0 radical (unpaired) electrons. The number of hydrogen-bond acceptors (Lipinski definition) is 4. The average Bonchev–Trinajstić information content (AvgIpc) is 2.31. The third-order valence-corrected chi connectivity index (χ3v) is 1.43. The maximum absolute atomic E-state index is 4.88. The van der Waals surface area contributed by atoms with E-state index in [2.05, 4.69) is 14.6 Å². The Balaban J connectivity index is 2.14. The number of nitrogens with zero attached hydrogens (tertiary/aromatic N) is 2. The van der Waals surface area contributed by atoms with Crippen molar-refractivity contribution in [2.24, 2.45) is 5.90 Å². The minimum Gasteiger partial charge on any atom is -0.362 e. The molecule has 10 heavy (non-hydrogen) atoms. The van der Waals surface area contributed by atoms with Gasteiger partial charge in [-0.05, 0) is 0 Å². The van der Waals surface area contributed by atoms with Gasteiger partial charge in [0.25, 0.3) is 0 Å². The van der Waals surface area contributed by atoms with Gasteiger partial charge in [0.1, 0.15) is 0 Å². The summed E-state index contributed by atoms with van der Waals surface area (Å²) < 4.78 is 0. The summed E-state index contributed by atoms with van der Waals surface area (Å²) in [7, 11) is 2.03. The fourth-order valence-electron chi connectivity index (χ4n) is 0.904. The van der Waals surface area contributed by atoms with Crippen LogP contribution in [0.3, 0.4) is 0 Å². The molecule has 0 aromatic rings. The number of hydrogen-bond donors (Lipinski definition) is 1. The van der Waals surface area contributed by atoms with Gasteiger partial charge in [-0.1, -0.05) is 0 Å². The molecule has 0 bridgehead atoms. The van der Waals surface area contributed by atoms with Crippen LogP contribution in [0.15, 0.2) is 12.4 Å². The molecule has 4 heteroatoms. The molecular formula is C6H13N3O. The van der Waals surface area contributed by atoms with Gasteiger partial charge >= 0.3 is 0 Å². The fourth-order valence-corrected chi connectivity index (χ4v) is 0.904. The molecule has 4 nitrogen and oxygen atoms in total. The summed E-state index contributed by atoms with van der Waals surface area (Å²) in [5.74, 6) is 4.88. The van der Waals surface area contributed by atoms with E-state index in [1.165, 1.54) is 0 Å². The second-order valence-electron chi connectivity index (χ2n) is 2.38. The first-order chi connectivity index (χ1) is 4.83.